The molecule has 0 aromatic carbocycles. The molecule has 112 valence electrons. The van der Waals surface area contributed by atoms with Gasteiger partial charge in [0.05, 0.1) is 6.61 Å². The van der Waals surface area contributed by atoms with Crippen molar-refractivity contribution in [3.05, 3.63) is 0 Å². The maximum Gasteiger partial charge on any atom is 0.451 e. The Bertz CT molecular complexity index is 232. The van der Waals surface area contributed by atoms with Gasteiger partial charge in [-0.05, 0) is 45.1 Å². The van der Waals surface area contributed by atoms with Crippen LogP contribution in [0.1, 0.15) is 38.5 Å². The third-order valence-corrected chi connectivity index (χ3v) is 3.93. The van der Waals surface area contributed by atoms with Crippen molar-refractivity contribution in [2.45, 2.75) is 56.9 Å². The van der Waals surface area contributed by atoms with Gasteiger partial charge in [0.25, 0.3) is 0 Å². The first-order valence-electron chi connectivity index (χ1n) is 7.48. The first-order valence-corrected chi connectivity index (χ1v) is 7.48. The van der Waals surface area contributed by atoms with Crippen LogP contribution in [-0.2, 0) is 4.74 Å². The van der Waals surface area contributed by atoms with Crippen molar-refractivity contribution >= 4 is 7.12 Å². The highest BCUT2D eigenvalue weighted by atomic mass is 16.5. The van der Waals surface area contributed by atoms with E-state index in [1.165, 1.54) is 12.8 Å². The summed E-state index contributed by atoms with van der Waals surface area (Å²) in [7, 11) is 0.591. The molecule has 1 heterocycles. The van der Waals surface area contributed by atoms with E-state index in [-0.39, 0.29) is 6.04 Å². The van der Waals surface area contributed by atoms with Crippen LogP contribution < -0.4 is 5.73 Å². The molecular weight excluding hydrogens is 243 g/mol. The molecule has 5 nitrogen and oxygen atoms in total. The first kappa shape index (κ1) is 16.9. The van der Waals surface area contributed by atoms with E-state index in [9.17, 15) is 0 Å². The number of rotatable bonds is 10. The normalized spacial score (nSPS) is 21.8. The molecule has 1 aliphatic rings. The van der Waals surface area contributed by atoms with Crippen molar-refractivity contribution in [3.63, 3.8) is 0 Å². The number of ether oxygens (including phenoxy) is 1. The molecule has 1 unspecified atom stereocenters. The number of likely N-dealkylation sites (tertiary alicyclic amines) is 1. The van der Waals surface area contributed by atoms with Gasteiger partial charge in [0.15, 0.2) is 0 Å². The van der Waals surface area contributed by atoms with E-state index in [0.717, 1.165) is 45.4 Å². The Kier molecular flexibility index (Phi) is 8.65. The second-order valence-corrected chi connectivity index (χ2v) is 5.60. The van der Waals surface area contributed by atoms with Gasteiger partial charge in [0.2, 0.25) is 0 Å². The molecule has 0 aliphatic carbocycles. The fourth-order valence-electron chi connectivity index (χ4n) is 2.78. The SMILES string of the molecule is COC[C@@H]1CCCN1CCC(N)CCCCB(O)O. The summed E-state index contributed by atoms with van der Waals surface area (Å²) in [6.07, 6.45) is 6.74. The quantitative estimate of drug-likeness (QED) is 0.398. The third-order valence-electron chi connectivity index (χ3n) is 3.93. The van der Waals surface area contributed by atoms with Gasteiger partial charge in [-0.3, -0.25) is 4.90 Å². The molecule has 4 N–H and O–H groups in total. The van der Waals surface area contributed by atoms with Gasteiger partial charge in [-0.1, -0.05) is 12.8 Å². The van der Waals surface area contributed by atoms with Crippen molar-refractivity contribution in [1.29, 1.82) is 0 Å². The summed E-state index contributed by atoms with van der Waals surface area (Å²) in [6.45, 7) is 3.04. The lowest BCUT2D eigenvalue weighted by Crippen LogP contribution is -2.36. The zero-order valence-corrected chi connectivity index (χ0v) is 12.1. The van der Waals surface area contributed by atoms with Crippen LogP contribution in [0.4, 0.5) is 0 Å². The van der Waals surface area contributed by atoms with Gasteiger partial charge in [-0.2, -0.15) is 0 Å². The zero-order chi connectivity index (χ0) is 14.1. The lowest BCUT2D eigenvalue weighted by Gasteiger charge is -2.25. The fraction of sp³-hybridized carbons (Fsp3) is 1.00. The molecule has 0 bridgehead atoms. The van der Waals surface area contributed by atoms with Gasteiger partial charge in [0.1, 0.15) is 0 Å². The molecule has 0 amide bonds. The van der Waals surface area contributed by atoms with Crippen LogP contribution >= 0.6 is 0 Å². The highest BCUT2D eigenvalue weighted by molar-refractivity contribution is 6.40. The molecular formula is C13H29BN2O3. The molecule has 0 saturated carbocycles. The van der Waals surface area contributed by atoms with E-state index < -0.39 is 7.12 Å². The van der Waals surface area contributed by atoms with Gasteiger partial charge in [-0.25, -0.2) is 0 Å². The number of nitrogens with zero attached hydrogens (tertiary/aromatic N) is 1. The number of nitrogens with two attached hydrogens (primary N) is 1. The van der Waals surface area contributed by atoms with E-state index in [1.807, 2.05) is 0 Å². The van der Waals surface area contributed by atoms with E-state index in [0.29, 0.717) is 12.4 Å². The summed E-state index contributed by atoms with van der Waals surface area (Å²) < 4.78 is 5.24. The first-order chi connectivity index (χ1) is 9.13. The Morgan fingerprint density at radius 3 is 2.84 bits per heavy atom. The van der Waals surface area contributed by atoms with Gasteiger partial charge < -0.3 is 20.5 Å². The zero-order valence-electron chi connectivity index (χ0n) is 12.1. The minimum atomic E-state index is -1.17. The van der Waals surface area contributed by atoms with Gasteiger partial charge >= 0.3 is 7.12 Å². The van der Waals surface area contributed by atoms with Crippen LogP contribution in [0, 0.1) is 0 Å². The number of unbranched alkanes of at least 4 members (excludes halogenated alkanes) is 1. The molecule has 0 spiro atoms. The van der Waals surface area contributed by atoms with Crippen molar-refractivity contribution in [1.82, 2.24) is 4.90 Å². The molecule has 1 saturated heterocycles. The Morgan fingerprint density at radius 2 is 2.16 bits per heavy atom. The van der Waals surface area contributed by atoms with Crippen molar-refractivity contribution in [3.8, 4) is 0 Å². The molecule has 6 heteroatoms. The lowest BCUT2D eigenvalue weighted by molar-refractivity contribution is 0.113. The largest absolute Gasteiger partial charge is 0.451 e. The van der Waals surface area contributed by atoms with Crippen molar-refractivity contribution in [2.75, 3.05) is 26.8 Å². The topological polar surface area (TPSA) is 79.0 Å². The second kappa shape index (κ2) is 9.72. The molecule has 0 radical (unpaired) electrons. The molecule has 1 rings (SSSR count). The second-order valence-electron chi connectivity index (χ2n) is 5.60. The number of hydrogen-bond acceptors (Lipinski definition) is 5. The average Bonchev–Trinajstić information content (AvgIpc) is 2.80. The summed E-state index contributed by atoms with van der Waals surface area (Å²) in [4.78, 5) is 2.49. The van der Waals surface area contributed by atoms with Crippen LogP contribution in [0.25, 0.3) is 0 Å². The molecule has 19 heavy (non-hydrogen) atoms. The van der Waals surface area contributed by atoms with Gasteiger partial charge in [0, 0.05) is 19.2 Å². The van der Waals surface area contributed by atoms with Gasteiger partial charge in [-0.15, -0.1) is 0 Å². The maximum atomic E-state index is 8.75. The van der Waals surface area contributed by atoms with Crippen molar-refractivity contribution in [2.24, 2.45) is 5.73 Å². The number of methoxy groups -OCH3 is 1. The molecule has 1 fully saturated rings. The summed E-state index contributed by atoms with van der Waals surface area (Å²) >= 11 is 0. The smallest absolute Gasteiger partial charge is 0.427 e. The standard InChI is InChI=1S/C13H29BN2O3/c1-19-11-13-6-4-9-16(13)10-7-12(15)5-2-3-8-14(17)18/h12-13,17-18H,2-11,15H2,1H3/t12?,13-/m0/s1. The lowest BCUT2D eigenvalue weighted by atomic mass is 9.83. The predicted octanol–water partition coefficient (Wildman–Crippen LogP) is 0.458. The fourth-order valence-corrected chi connectivity index (χ4v) is 2.78. The van der Waals surface area contributed by atoms with Crippen LogP contribution in [0.15, 0.2) is 0 Å². The monoisotopic (exact) mass is 272 g/mol. The van der Waals surface area contributed by atoms with E-state index in [4.69, 9.17) is 20.5 Å². The van der Waals surface area contributed by atoms with E-state index in [2.05, 4.69) is 4.90 Å². The minimum Gasteiger partial charge on any atom is -0.427 e. The van der Waals surface area contributed by atoms with E-state index >= 15 is 0 Å². The summed E-state index contributed by atoms with van der Waals surface area (Å²) in [6, 6.07) is 0.793. The molecule has 0 aromatic rings. The highest BCUT2D eigenvalue weighted by Gasteiger charge is 2.24. The summed E-state index contributed by atoms with van der Waals surface area (Å²) in [5.41, 5.74) is 6.11. The predicted molar refractivity (Wildman–Crippen MR) is 77.9 cm³/mol. The number of hydrogen-bond donors (Lipinski definition) is 3. The van der Waals surface area contributed by atoms with Crippen LogP contribution in [-0.4, -0.2) is 61.0 Å². The average molecular weight is 272 g/mol. The molecule has 1 aliphatic heterocycles. The van der Waals surface area contributed by atoms with Crippen LogP contribution in [0.5, 0.6) is 0 Å². The van der Waals surface area contributed by atoms with E-state index in [1.54, 1.807) is 7.11 Å². The Balaban J connectivity index is 2.07. The Morgan fingerprint density at radius 1 is 1.37 bits per heavy atom. The Labute approximate surface area is 117 Å². The Hall–Kier alpha value is -0.135. The summed E-state index contributed by atoms with van der Waals surface area (Å²) in [5, 5.41) is 17.5. The minimum absolute atomic E-state index is 0.222. The molecule has 0 aromatic heterocycles. The highest BCUT2D eigenvalue weighted by Crippen LogP contribution is 2.18. The third kappa shape index (κ3) is 7.27. The van der Waals surface area contributed by atoms with Crippen LogP contribution in [0.2, 0.25) is 6.32 Å². The molecule has 2 atom stereocenters. The maximum absolute atomic E-state index is 8.75. The summed E-state index contributed by atoms with van der Waals surface area (Å²) in [5.74, 6) is 0. The van der Waals surface area contributed by atoms with Crippen molar-refractivity contribution < 1.29 is 14.8 Å². The van der Waals surface area contributed by atoms with Crippen LogP contribution in [0.3, 0.4) is 0 Å².